The molecule has 0 aromatic heterocycles. The van der Waals surface area contributed by atoms with E-state index in [1.54, 1.807) is 0 Å². The van der Waals surface area contributed by atoms with Crippen molar-refractivity contribution in [3.63, 3.8) is 0 Å². The van der Waals surface area contributed by atoms with E-state index in [1.165, 1.54) is 55.8 Å². The van der Waals surface area contributed by atoms with Gasteiger partial charge in [0.25, 0.3) is 0 Å². The summed E-state index contributed by atoms with van der Waals surface area (Å²) in [6.45, 7) is 12.4. The zero-order chi connectivity index (χ0) is 14.4. The van der Waals surface area contributed by atoms with Gasteiger partial charge in [0.15, 0.2) is 0 Å². The Morgan fingerprint density at radius 3 is 2.15 bits per heavy atom. The number of nitrogens with zero attached hydrogens (tertiary/aromatic N) is 2. The fraction of sp³-hybridized carbons (Fsp3) is 0.647. The number of rotatable bonds is 6. The molecule has 0 unspecified atom stereocenters. The summed E-state index contributed by atoms with van der Waals surface area (Å²) in [4.78, 5) is 5.17. The van der Waals surface area contributed by atoms with Crippen LogP contribution in [0.1, 0.15) is 29.5 Å². The lowest BCUT2D eigenvalue weighted by molar-refractivity contribution is 0.125. The van der Waals surface area contributed by atoms with E-state index in [2.05, 4.69) is 41.8 Å². The van der Waals surface area contributed by atoms with Crippen LogP contribution in [0.2, 0.25) is 0 Å². The molecular weight excluding hydrogens is 246 g/mol. The molecule has 1 aliphatic heterocycles. The Morgan fingerprint density at radius 2 is 1.55 bits per heavy atom. The largest absolute Gasteiger partial charge is 0.330 e. The predicted octanol–water partition coefficient (Wildman–Crippen LogP) is 2.16. The van der Waals surface area contributed by atoms with Crippen LogP contribution in [0, 0.1) is 13.8 Å². The standard InChI is InChI=1S/C17H29N3/c1-15-6-5-7-16(2)17(15)14-20-12-10-19(11-13-20)9-4-3-8-18/h5-7H,3-4,8-14,18H2,1-2H3. The maximum atomic E-state index is 5.55. The summed E-state index contributed by atoms with van der Waals surface area (Å²) in [7, 11) is 0. The van der Waals surface area contributed by atoms with Crippen LogP contribution in [0.5, 0.6) is 0 Å². The van der Waals surface area contributed by atoms with E-state index in [9.17, 15) is 0 Å². The second-order valence-electron chi connectivity index (χ2n) is 5.98. The molecule has 2 rings (SSSR count). The molecule has 0 radical (unpaired) electrons. The smallest absolute Gasteiger partial charge is 0.0240 e. The highest BCUT2D eigenvalue weighted by Crippen LogP contribution is 2.17. The van der Waals surface area contributed by atoms with Gasteiger partial charge in [0.05, 0.1) is 0 Å². The number of benzene rings is 1. The van der Waals surface area contributed by atoms with Crippen LogP contribution in [-0.2, 0) is 6.54 Å². The SMILES string of the molecule is Cc1cccc(C)c1CN1CCN(CCCCN)CC1. The van der Waals surface area contributed by atoms with Crippen molar-refractivity contribution in [2.75, 3.05) is 39.3 Å². The van der Waals surface area contributed by atoms with Gasteiger partial charge < -0.3 is 10.6 Å². The van der Waals surface area contributed by atoms with Gasteiger partial charge in [0.1, 0.15) is 0 Å². The first-order valence-corrected chi connectivity index (χ1v) is 7.90. The Balaban J connectivity index is 1.80. The molecular formula is C17H29N3. The molecule has 1 aromatic rings. The Labute approximate surface area is 123 Å². The third-order valence-electron chi connectivity index (χ3n) is 4.42. The molecule has 1 aromatic carbocycles. The van der Waals surface area contributed by atoms with Crippen molar-refractivity contribution in [1.82, 2.24) is 9.80 Å². The van der Waals surface area contributed by atoms with Crippen molar-refractivity contribution in [3.8, 4) is 0 Å². The van der Waals surface area contributed by atoms with Crippen LogP contribution in [0.25, 0.3) is 0 Å². The van der Waals surface area contributed by atoms with Crippen LogP contribution in [0.15, 0.2) is 18.2 Å². The van der Waals surface area contributed by atoms with E-state index < -0.39 is 0 Å². The van der Waals surface area contributed by atoms with Gasteiger partial charge in [-0.3, -0.25) is 4.90 Å². The molecule has 0 saturated carbocycles. The highest BCUT2D eigenvalue weighted by molar-refractivity contribution is 5.33. The van der Waals surface area contributed by atoms with E-state index in [-0.39, 0.29) is 0 Å². The number of hydrogen-bond acceptors (Lipinski definition) is 3. The number of aryl methyl sites for hydroxylation is 2. The van der Waals surface area contributed by atoms with Gasteiger partial charge in [-0.1, -0.05) is 18.2 Å². The molecule has 0 spiro atoms. The normalized spacial score (nSPS) is 17.6. The molecule has 1 saturated heterocycles. The minimum absolute atomic E-state index is 0.826. The molecule has 2 N–H and O–H groups in total. The van der Waals surface area contributed by atoms with Crippen LogP contribution in [-0.4, -0.2) is 49.1 Å². The topological polar surface area (TPSA) is 32.5 Å². The summed E-state index contributed by atoms with van der Waals surface area (Å²) >= 11 is 0. The van der Waals surface area contributed by atoms with Gasteiger partial charge in [-0.15, -0.1) is 0 Å². The summed E-state index contributed by atoms with van der Waals surface area (Å²) in [6.07, 6.45) is 2.40. The number of unbranched alkanes of at least 4 members (excludes halogenated alkanes) is 1. The summed E-state index contributed by atoms with van der Waals surface area (Å²) in [5.41, 5.74) is 9.92. The molecule has 0 bridgehead atoms. The lowest BCUT2D eigenvalue weighted by atomic mass is 10.0. The van der Waals surface area contributed by atoms with Gasteiger partial charge in [-0.25, -0.2) is 0 Å². The maximum absolute atomic E-state index is 5.55. The molecule has 1 heterocycles. The Kier molecular flexibility index (Phi) is 6.02. The second kappa shape index (κ2) is 7.77. The van der Waals surface area contributed by atoms with Crippen molar-refractivity contribution in [3.05, 3.63) is 34.9 Å². The fourth-order valence-electron chi connectivity index (χ4n) is 2.97. The molecule has 0 atom stereocenters. The zero-order valence-electron chi connectivity index (χ0n) is 13.1. The van der Waals surface area contributed by atoms with Gasteiger partial charge in [0, 0.05) is 32.7 Å². The maximum Gasteiger partial charge on any atom is 0.0240 e. The van der Waals surface area contributed by atoms with Crippen LogP contribution >= 0.6 is 0 Å². The fourth-order valence-corrected chi connectivity index (χ4v) is 2.97. The number of hydrogen-bond donors (Lipinski definition) is 1. The Bertz CT molecular complexity index is 388. The highest BCUT2D eigenvalue weighted by atomic mass is 15.3. The van der Waals surface area contributed by atoms with Gasteiger partial charge in [-0.2, -0.15) is 0 Å². The van der Waals surface area contributed by atoms with Gasteiger partial charge in [0.2, 0.25) is 0 Å². The summed E-state index contributed by atoms with van der Waals surface area (Å²) < 4.78 is 0. The highest BCUT2D eigenvalue weighted by Gasteiger charge is 2.17. The molecule has 0 aliphatic carbocycles. The second-order valence-corrected chi connectivity index (χ2v) is 5.98. The first-order valence-electron chi connectivity index (χ1n) is 7.90. The van der Waals surface area contributed by atoms with E-state index in [1.807, 2.05) is 0 Å². The average Bonchev–Trinajstić information content (AvgIpc) is 2.45. The van der Waals surface area contributed by atoms with Crippen LogP contribution in [0.4, 0.5) is 0 Å². The number of nitrogens with two attached hydrogens (primary N) is 1. The van der Waals surface area contributed by atoms with E-state index in [4.69, 9.17) is 5.73 Å². The first kappa shape index (κ1) is 15.5. The van der Waals surface area contributed by atoms with Gasteiger partial charge in [-0.05, 0) is 56.5 Å². The molecule has 1 fully saturated rings. The molecule has 3 nitrogen and oxygen atoms in total. The van der Waals surface area contributed by atoms with E-state index >= 15 is 0 Å². The zero-order valence-corrected chi connectivity index (χ0v) is 13.1. The minimum Gasteiger partial charge on any atom is -0.330 e. The molecule has 112 valence electrons. The summed E-state index contributed by atoms with van der Waals surface area (Å²) in [5.74, 6) is 0. The van der Waals surface area contributed by atoms with Crippen LogP contribution in [0.3, 0.4) is 0 Å². The number of piperazine rings is 1. The minimum atomic E-state index is 0.826. The Hall–Kier alpha value is -0.900. The van der Waals surface area contributed by atoms with Crippen molar-refractivity contribution in [2.45, 2.75) is 33.2 Å². The summed E-state index contributed by atoms with van der Waals surface area (Å²) in [5, 5.41) is 0. The van der Waals surface area contributed by atoms with Crippen LogP contribution < -0.4 is 5.73 Å². The molecule has 20 heavy (non-hydrogen) atoms. The van der Waals surface area contributed by atoms with E-state index in [0.717, 1.165) is 19.5 Å². The quantitative estimate of drug-likeness (QED) is 0.808. The Morgan fingerprint density at radius 1 is 0.950 bits per heavy atom. The third kappa shape index (κ3) is 4.30. The van der Waals surface area contributed by atoms with Gasteiger partial charge >= 0.3 is 0 Å². The average molecular weight is 275 g/mol. The molecule has 0 amide bonds. The predicted molar refractivity (Wildman–Crippen MR) is 85.9 cm³/mol. The lowest BCUT2D eigenvalue weighted by Crippen LogP contribution is -2.46. The summed E-state index contributed by atoms with van der Waals surface area (Å²) in [6, 6.07) is 6.61. The molecule has 3 heteroatoms. The van der Waals surface area contributed by atoms with Crippen molar-refractivity contribution in [1.29, 1.82) is 0 Å². The lowest BCUT2D eigenvalue weighted by Gasteiger charge is -2.35. The first-order chi connectivity index (χ1) is 9.70. The van der Waals surface area contributed by atoms with Crippen molar-refractivity contribution < 1.29 is 0 Å². The van der Waals surface area contributed by atoms with Crippen molar-refractivity contribution in [2.24, 2.45) is 5.73 Å². The van der Waals surface area contributed by atoms with Crippen molar-refractivity contribution >= 4 is 0 Å². The monoisotopic (exact) mass is 275 g/mol. The van der Waals surface area contributed by atoms with E-state index in [0.29, 0.717) is 0 Å². The molecule has 1 aliphatic rings. The third-order valence-corrected chi connectivity index (χ3v) is 4.42.